The lowest BCUT2D eigenvalue weighted by atomic mass is 10.1. The van der Waals surface area contributed by atoms with E-state index >= 15 is 4.39 Å². The number of halogens is 1. The third kappa shape index (κ3) is 7.10. The summed E-state index contributed by atoms with van der Waals surface area (Å²) in [6.07, 6.45) is 6.29. The number of hydrogen-bond donors (Lipinski definition) is 1. The Morgan fingerprint density at radius 1 is 0.917 bits per heavy atom. The van der Waals surface area contributed by atoms with E-state index in [0.29, 0.717) is 46.2 Å². The molecule has 3 aromatic carbocycles. The van der Waals surface area contributed by atoms with Crippen molar-refractivity contribution in [3.8, 4) is 34.4 Å². The summed E-state index contributed by atoms with van der Waals surface area (Å²) in [5, 5.41) is 7.39. The van der Waals surface area contributed by atoms with Gasteiger partial charge in [-0.3, -0.25) is 14.3 Å². The van der Waals surface area contributed by atoms with Crippen LogP contribution in [0.25, 0.3) is 16.6 Å². The summed E-state index contributed by atoms with van der Waals surface area (Å²) >= 11 is 0. The van der Waals surface area contributed by atoms with Crippen LogP contribution in [0.5, 0.6) is 28.7 Å². The van der Waals surface area contributed by atoms with Crippen LogP contribution in [-0.2, 0) is 7.05 Å². The van der Waals surface area contributed by atoms with Gasteiger partial charge in [0.15, 0.2) is 23.1 Å². The SMILES string of the molecule is COc1ccc(-n2nc(C(=O)Nc3ccc(Oc4ccnc5cc(OCCCN6CCCCC6)c(OC)cc45)c(F)c3)n(C)c2=O)cc1. The van der Waals surface area contributed by atoms with Crippen molar-refractivity contribution < 1.29 is 28.1 Å². The summed E-state index contributed by atoms with van der Waals surface area (Å²) in [4.78, 5) is 32.8. The topological polar surface area (TPSA) is 122 Å². The molecule has 250 valence electrons. The quantitative estimate of drug-likeness (QED) is 0.172. The number of likely N-dealkylation sites (tertiary alicyclic amines) is 1. The number of amides is 1. The zero-order chi connectivity index (χ0) is 33.6. The van der Waals surface area contributed by atoms with E-state index in [9.17, 15) is 9.59 Å². The molecule has 1 aliphatic heterocycles. The Morgan fingerprint density at radius 3 is 2.44 bits per heavy atom. The average molecular weight is 657 g/mol. The number of ether oxygens (including phenoxy) is 4. The predicted octanol–water partition coefficient (Wildman–Crippen LogP) is 5.57. The van der Waals surface area contributed by atoms with Gasteiger partial charge in [0, 0.05) is 43.0 Å². The second kappa shape index (κ2) is 14.6. The number of nitrogens with zero attached hydrogens (tertiary/aromatic N) is 5. The Bertz CT molecular complexity index is 1970. The summed E-state index contributed by atoms with van der Waals surface area (Å²) in [5.41, 5.74) is 0.687. The number of fused-ring (bicyclic) bond motifs is 1. The predicted molar refractivity (Wildman–Crippen MR) is 178 cm³/mol. The third-order valence-corrected chi connectivity index (χ3v) is 8.22. The monoisotopic (exact) mass is 656 g/mol. The molecule has 0 aliphatic carbocycles. The van der Waals surface area contributed by atoms with Gasteiger partial charge in [-0.25, -0.2) is 9.18 Å². The molecule has 13 heteroatoms. The highest BCUT2D eigenvalue weighted by molar-refractivity contribution is 6.01. The van der Waals surface area contributed by atoms with Gasteiger partial charge in [-0.2, -0.15) is 4.68 Å². The van der Waals surface area contributed by atoms with Crippen molar-refractivity contribution in [2.75, 3.05) is 45.8 Å². The van der Waals surface area contributed by atoms with Gasteiger partial charge in [-0.05, 0) is 80.9 Å². The third-order valence-electron chi connectivity index (χ3n) is 8.22. The van der Waals surface area contributed by atoms with E-state index in [1.54, 1.807) is 55.8 Å². The molecule has 0 atom stereocenters. The first-order valence-electron chi connectivity index (χ1n) is 15.8. The van der Waals surface area contributed by atoms with Crippen LogP contribution in [0, 0.1) is 5.82 Å². The lowest BCUT2D eigenvalue weighted by Gasteiger charge is -2.26. The minimum absolute atomic E-state index is 0.0614. The summed E-state index contributed by atoms with van der Waals surface area (Å²) in [6.45, 7) is 3.83. The lowest BCUT2D eigenvalue weighted by Crippen LogP contribution is -2.31. The fourth-order valence-corrected chi connectivity index (χ4v) is 5.64. The van der Waals surface area contributed by atoms with Gasteiger partial charge >= 0.3 is 5.69 Å². The van der Waals surface area contributed by atoms with Crippen LogP contribution in [0.3, 0.4) is 0 Å². The summed E-state index contributed by atoms with van der Waals surface area (Å²) in [6, 6.07) is 15.9. The molecule has 1 aliphatic rings. The molecule has 2 aromatic heterocycles. The molecule has 0 spiro atoms. The van der Waals surface area contributed by atoms with Gasteiger partial charge in [-0.1, -0.05) is 6.42 Å². The first-order valence-corrected chi connectivity index (χ1v) is 15.8. The normalized spacial score (nSPS) is 13.3. The molecule has 0 unspecified atom stereocenters. The number of anilines is 1. The molecule has 0 bridgehead atoms. The van der Waals surface area contributed by atoms with E-state index in [1.807, 2.05) is 0 Å². The number of carbonyl (C=O) groups excluding carboxylic acids is 1. The zero-order valence-electron chi connectivity index (χ0n) is 27.1. The minimum Gasteiger partial charge on any atom is -0.497 e. The first kappa shape index (κ1) is 32.5. The smallest absolute Gasteiger partial charge is 0.350 e. The Labute approximate surface area is 276 Å². The molecule has 1 N–H and O–H groups in total. The fourth-order valence-electron chi connectivity index (χ4n) is 5.64. The second-order valence-electron chi connectivity index (χ2n) is 11.4. The van der Waals surface area contributed by atoms with E-state index in [-0.39, 0.29) is 17.3 Å². The summed E-state index contributed by atoms with van der Waals surface area (Å²) in [5.74, 6) is 0.451. The number of hydrogen-bond acceptors (Lipinski definition) is 9. The number of piperidine rings is 1. The van der Waals surface area contributed by atoms with Crippen LogP contribution in [0.15, 0.2) is 71.7 Å². The Kier molecular flexibility index (Phi) is 9.86. The van der Waals surface area contributed by atoms with Crippen LogP contribution >= 0.6 is 0 Å². The molecule has 0 radical (unpaired) electrons. The highest BCUT2D eigenvalue weighted by Gasteiger charge is 2.20. The van der Waals surface area contributed by atoms with E-state index in [2.05, 4.69) is 20.3 Å². The van der Waals surface area contributed by atoms with Crippen molar-refractivity contribution in [3.63, 3.8) is 0 Å². The minimum atomic E-state index is -0.712. The molecule has 12 nitrogen and oxygen atoms in total. The van der Waals surface area contributed by atoms with Crippen LogP contribution in [0.4, 0.5) is 10.1 Å². The van der Waals surface area contributed by atoms with E-state index < -0.39 is 17.4 Å². The van der Waals surface area contributed by atoms with Gasteiger partial charge in [0.05, 0.1) is 32.0 Å². The maximum Gasteiger partial charge on any atom is 0.350 e. The van der Waals surface area contributed by atoms with Gasteiger partial charge in [-0.15, -0.1) is 5.10 Å². The largest absolute Gasteiger partial charge is 0.497 e. The van der Waals surface area contributed by atoms with E-state index in [4.69, 9.17) is 18.9 Å². The molecule has 1 fully saturated rings. The molecule has 5 aromatic rings. The number of carbonyl (C=O) groups is 1. The highest BCUT2D eigenvalue weighted by Crippen LogP contribution is 2.38. The van der Waals surface area contributed by atoms with Crippen molar-refractivity contribution in [2.45, 2.75) is 25.7 Å². The number of rotatable bonds is 12. The number of methoxy groups -OCH3 is 2. The van der Waals surface area contributed by atoms with E-state index in [0.717, 1.165) is 41.4 Å². The van der Waals surface area contributed by atoms with Crippen LogP contribution < -0.4 is 30.0 Å². The van der Waals surface area contributed by atoms with Crippen LogP contribution in [0.1, 0.15) is 36.3 Å². The van der Waals surface area contributed by atoms with Crippen molar-refractivity contribution in [1.29, 1.82) is 0 Å². The summed E-state index contributed by atoms with van der Waals surface area (Å²) < 4.78 is 40.3. The van der Waals surface area contributed by atoms with Crippen LogP contribution in [0.2, 0.25) is 0 Å². The summed E-state index contributed by atoms with van der Waals surface area (Å²) in [7, 11) is 4.53. The maximum absolute atomic E-state index is 15.3. The van der Waals surface area contributed by atoms with Crippen molar-refractivity contribution in [3.05, 3.63) is 89.0 Å². The molecular formula is C35H37FN6O6. The van der Waals surface area contributed by atoms with Gasteiger partial charge in [0.25, 0.3) is 5.91 Å². The van der Waals surface area contributed by atoms with Crippen molar-refractivity contribution >= 4 is 22.5 Å². The zero-order valence-corrected chi connectivity index (χ0v) is 27.1. The standard InChI is InChI=1S/C35H37FN6O6/c1-40-33(39-42(35(40)44)24-9-11-25(45-2)12-10-24)34(43)38-23-8-13-30(27(36)20-23)48-29-14-15-37-28-22-32(31(46-3)21-26(28)29)47-19-7-18-41-16-5-4-6-17-41/h8-15,20-22H,4-7,16-19H2,1-3H3,(H,38,43). The first-order chi connectivity index (χ1) is 23.3. The number of aromatic nitrogens is 4. The average Bonchev–Trinajstić information content (AvgIpc) is 3.41. The molecule has 6 rings (SSSR count). The number of pyridine rings is 1. The Morgan fingerprint density at radius 2 is 1.71 bits per heavy atom. The molecule has 48 heavy (non-hydrogen) atoms. The highest BCUT2D eigenvalue weighted by atomic mass is 19.1. The fraction of sp³-hybridized carbons (Fsp3) is 0.314. The van der Waals surface area contributed by atoms with Crippen molar-refractivity contribution in [1.82, 2.24) is 24.2 Å². The van der Waals surface area contributed by atoms with Crippen molar-refractivity contribution in [2.24, 2.45) is 7.05 Å². The van der Waals surface area contributed by atoms with Gasteiger partial charge < -0.3 is 29.2 Å². The second-order valence-corrected chi connectivity index (χ2v) is 11.4. The van der Waals surface area contributed by atoms with E-state index in [1.165, 1.54) is 45.6 Å². The molecule has 1 amide bonds. The maximum atomic E-state index is 15.3. The van der Waals surface area contributed by atoms with Crippen LogP contribution in [-0.4, -0.2) is 70.6 Å². The Balaban J connectivity index is 1.14. The molecule has 3 heterocycles. The molecular weight excluding hydrogens is 619 g/mol. The molecule has 0 saturated carbocycles. The number of nitrogens with one attached hydrogen (secondary N) is 1. The Hall–Kier alpha value is -5.43. The molecule has 1 saturated heterocycles. The lowest BCUT2D eigenvalue weighted by molar-refractivity contribution is 0.101. The van der Waals surface area contributed by atoms with Gasteiger partial charge in [0.2, 0.25) is 5.82 Å². The van der Waals surface area contributed by atoms with Gasteiger partial charge in [0.1, 0.15) is 11.5 Å². The number of benzene rings is 3.